The molecule has 1 atom stereocenters. The van der Waals surface area contributed by atoms with Crippen molar-refractivity contribution in [1.82, 2.24) is 5.32 Å². The number of rotatable bonds is 6. The molecule has 1 saturated heterocycles. The summed E-state index contributed by atoms with van der Waals surface area (Å²) in [6, 6.07) is 5.08. The van der Waals surface area contributed by atoms with E-state index in [0.29, 0.717) is 8.26 Å². The zero-order valence-electron chi connectivity index (χ0n) is 14.7. The SMILES string of the molecule is CC(=O)NC[C@H]1CN(c2ccc(NS(=O)(=O)c3cc(Br)c(Br)s3)c(F)c2)C(=O)O1. The van der Waals surface area contributed by atoms with Gasteiger partial charge in [0.2, 0.25) is 5.91 Å². The van der Waals surface area contributed by atoms with Gasteiger partial charge in [0.25, 0.3) is 10.0 Å². The molecule has 0 bridgehead atoms. The second-order valence-electron chi connectivity index (χ2n) is 6.01. The van der Waals surface area contributed by atoms with Gasteiger partial charge in [-0.2, -0.15) is 0 Å². The lowest BCUT2D eigenvalue weighted by Gasteiger charge is -2.15. The summed E-state index contributed by atoms with van der Waals surface area (Å²) in [7, 11) is -3.98. The van der Waals surface area contributed by atoms with Crippen LogP contribution in [0.1, 0.15) is 6.92 Å². The maximum atomic E-state index is 14.5. The third-order valence-electron chi connectivity index (χ3n) is 3.85. The van der Waals surface area contributed by atoms with E-state index in [1.165, 1.54) is 30.0 Å². The van der Waals surface area contributed by atoms with E-state index >= 15 is 0 Å². The number of cyclic esters (lactones) is 1. The average Bonchev–Trinajstić information content (AvgIpc) is 3.18. The molecule has 2 N–H and O–H groups in total. The van der Waals surface area contributed by atoms with Gasteiger partial charge in [0.1, 0.15) is 16.1 Å². The molecule has 1 aliphatic heterocycles. The number of sulfonamides is 1. The van der Waals surface area contributed by atoms with Crippen molar-refractivity contribution in [2.24, 2.45) is 0 Å². The number of carbonyl (C=O) groups is 2. The van der Waals surface area contributed by atoms with Crippen molar-refractivity contribution in [2.75, 3.05) is 22.7 Å². The van der Waals surface area contributed by atoms with E-state index in [4.69, 9.17) is 4.74 Å². The lowest BCUT2D eigenvalue weighted by Crippen LogP contribution is -2.33. The number of carbonyl (C=O) groups excluding carboxylic acids is 2. The van der Waals surface area contributed by atoms with Crippen molar-refractivity contribution in [3.63, 3.8) is 0 Å². The van der Waals surface area contributed by atoms with Crippen molar-refractivity contribution in [2.45, 2.75) is 17.2 Å². The van der Waals surface area contributed by atoms with Gasteiger partial charge in [-0.05, 0) is 56.1 Å². The molecule has 0 saturated carbocycles. The molecular formula is C16H14Br2FN3O5S2. The third-order valence-corrected chi connectivity index (χ3v) is 8.94. The Morgan fingerprint density at radius 1 is 1.38 bits per heavy atom. The summed E-state index contributed by atoms with van der Waals surface area (Å²) in [5, 5.41) is 2.55. The van der Waals surface area contributed by atoms with Gasteiger partial charge >= 0.3 is 6.09 Å². The van der Waals surface area contributed by atoms with Gasteiger partial charge in [0, 0.05) is 11.4 Å². The van der Waals surface area contributed by atoms with Crippen molar-refractivity contribution in [1.29, 1.82) is 0 Å². The summed E-state index contributed by atoms with van der Waals surface area (Å²) in [6.45, 7) is 1.61. The molecule has 2 aromatic rings. The van der Waals surface area contributed by atoms with Crippen molar-refractivity contribution in [3.8, 4) is 0 Å². The predicted molar refractivity (Wildman–Crippen MR) is 113 cm³/mol. The lowest BCUT2D eigenvalue weighted by molar-refractivity contribution is -0.119. The summed E-state index contributed by atoms with van der Waals surface area (Å²) in [6.07, 6.45) is -1.25. The smallest absolute Gasteiger partial charge is 0.414 e. The van der Waals surface area contributed by atoms with E-state index in [1.807, 2.05) is 0 Å². The Bertz CT molecular complexity index is 1060. The molecular weight excluding hydrogens is 557 g/mol. The Labute approximate surface area is 186 Å². The summed E-state index contributed by atoms with van der Waals surface area (Å²) < 4.78 is 47.9. The van der Waals surface area contributed by atoms with Gasteiger partial charge in [-0.25, -0.2) is 17.6 Å². The monoisotopic (exact) mass is 569 g/mol. The number of halogens is 3. The number of hydrogen-bond donors (Lipinski definition) is 2. The maximum Gasteiger partial charge on any atom is 0.414 e. The van der Waals surface area contributed by atoms with Crippen LogP contribution in [0.3, 0.4) is 0 Å². The highest BCUT2D eigenvalue weighted by Crippen LogP contribution is 2.36. The zero-order chi connectivity index (χ0) is 21.3. The average molecular weight is 571 g/mol. The van der Waals surface area contributed by atoms with E-state index in [0.717, 1.165) is 17.4 Å². The Morgan fingerprint density at radius 2 is 2.10 bits per heavy atom. The van der Waals surface area contributed by atoms with Gasteiger partial charge < -0.3 is 10.1 Å². The first kappa shape index (κ1) is 22.0. The van der Waals surface area contributed by atoms with Crippen molar-refractivity contribution in [3.05, 3.63) is 38.3 Å². The van der Waals surface area contributed by atoms with Gasteiger partial charge in [0.15, 0.2) is 0 Å². The second-order valence-corrected chi connectivity index (χ2v) is 11.1. The Morgan fingerprint density at radius 3 is 2.69 bits per heavy atom. The molecule has 1 fully saturated rings. The van der Waals surface area contributed by atoms with Crippen molar-refractivity contribution >= 4 is 76.6 Å². The zero-order valence-corrected chi connectivity index (χ0v) is 19.5. The van der Waals surface area contributed by atoms with Crippen LogP contribution in [0.4, 0.5) is 20.6 Å². The first-order valence-electron chi connectivity index (χ1n) is 8.06. The van der Waals surface area contributed by atoms with E-state index in [9.17, 15) is 22.4 Å². The number of nitrogens with one attached hydrogen (secondary N) is 2. The normalized spacial score (nSPS) is 16.6. The summed E-state index contributed by atoms with van der Waals surface area (Å²) >= 11 is 7.40. The first-order chi connectivity index (χ1) is 13.6. The summed E-state index contributed by atoms with van der Waals surface area (Å²) in [5.41, 5.74) is -0.0425. The van der Waals surface area contributed by atoms with Crippen LogP contribution < -0.4 is 14.9 Å². The Balaban J connectivity index is 1.75. The van der Waals surface area contributed by atoms with E-state index in [2.05, 4.69) is 41.9 Å². The highest BCUT2D eigenvalue weighted by atomic mass is 79.9. The fourth-order valence-corrected chi connectivity index (χ4v) is 6.39. The highest BCUT2D eigenvalue weighted by Gasteiger charge is 2.33. The van der Waals surface area contributed by atoms with E-state index in [-0.39, 0.29) is 34.6 Å². The molecule has 0 radical (unpaired) electrons. The first-order valence-corrected chi connectivity index (χ1v) is 11.9. The summed E-state index contributed by atoms with van der Waals surface area (Å²) in [4.78, 5) is 24.2. The van der Waals surface area contributed by atoms with Crippen LogP contribution in [-0.2, 0) is 19.6 Å². The predicted octanol–water partition coefficient (Wildman–Crippen LogP) is 3.67. The lowest BCUT2D eigenvalue weighted by atomic mass is 10.2. The number of amides is 2. The van der Waals surface area contributed by atoms with Crippen LogP contribution in [-0.4, -0.2) is 39.6 Å². The fraction of sp³-hybridized carbons (Fsp3) is 0.250. The maximum absolute atomic E-state index is 14.5. The van der Waals surface area contributed by atoms with Crippen LogP contribution in [0.15, 0.2) is 36.7 Å². The van der Waals surface area contributed by atoms with E-state index < -0.39 is 28.0 Å². The molecule has 0 unspecified atom stereocenters. The Kier molecular flexibility index (Phi) is 6.51. The van der Waals surface area contributed by atoms with Crippen LogP contribution >= 0.6 is 43.2 Å². The van der Waals surface area contributed by atoms with Crippen LogP contribution in [0.25, 0.3) is 0 Å². The van der Waals surface area contributed by atoms with Gasteiger partial charge in [-0.15, -0.1) is 11.3 Å². The number of anilines is 2. The number of ether oxygens (including phenoxy) is 1. The standard InChI is InChI=1S/C16H14Br2FN3O5S2/c1-8(23)20-6-10-7-22(16(24)27-10)9-2-3-13(12(19)4-9)21-29(25,26)14-5-11(17)15(18)28-14/h2-5,10,21H,6-7H2,1H3,(H,20,23)/t10-/m0/s1. The number of hydrogen-bond acceptors (Lipinski definition) is 6. The third kappa shape index (κ3) is 5.08. The molecule has 8 nitrogen and oxygen atoms in total. The minimum absolute atomic E-state index is 0.00339. The van der Waals surface area contributed by atoms with Crippen molar-refractivity contribution < 1.29 is 27.1 Å². The van der Waals surface area contributed by atoms with E-state index in [1.54, 1.807) is 0 Å². The molecule has 13 heteroatoms. The molecule has 1 aromatic carbocycles. The molecule has 1 aliphatic rings. The topological polar surface area (TPSA) is 105 Å². The number of nitrogens with zero attached hydrogens (tertiary/aromatic N) is 1. The second kappa shape index (κ2) is 8.58. The molecule has 0 spiro atoms. The van der Waals surface area contributed by atoms with Crippen LogP contribution in [0.5, 0.6) is 0 Å². The van der Waals surface area contributed by atoms with Crippen LogP contribution in [0.2, 0.25) is 0 Å². The van der Waals surface area contributed by atoms with Gasteiger partial charge in [-0.3, -0.25) is 14.4 Å². The Hall–Kier alpha value is -1.70. The molecule has 29 heavy (non-hydrogen) atoms. The largest absolute Gasteiger partial charge is 0.442 e. The number of benzene rings is 1. The van der Waals surface area contributed by atoms with Gasteiger partial charge in [-0.1, -0.05) is 0 Å². The molecule has 156 valence electrons. The molecule has 1 aromatic heterocycles. The number of thiophene rings is 1. The molecule has 2 heterocycles. The van der Waals surface area contributed by atoms with Gasteiger partial charge in [0.05, 0.1) is 28.3 Å². The minimum atomic E-state index is -3.98. The van der Waals surface area contributed by atoms with Crippen LogP contribution in [0, 0.1) is 5.82 Å². The summed E-state index contributed by atoms with van der Waals surface area (Å²) in [5.74, 6) is -1.11. The molecule has 2 amide bonds. The fourth-order valence-electron chi connectivity index (χ4n) is 2.51. The highest BCUT2D eigenvalue weighted by molar-refractivity contribution is 9.13. The minimum Gasteiger partial charge on any atom is -0.442 e. The molecule has 3 rings (SSSR count). The quantitative estimate of drug-likeness (QED) is 0.551. The molecule has 0 aliphatic carbocycles.